The fraction of sp³-hybridized carbons (Fsp3) is 0.310. The Kier molecular flexibility index (Phi) is 5.47. The van der Waals surface area contributed by atoms with E-state index in [4.69, 9.17) is 0 Å². The number of nitrogens with one attached hydrogen (secondary N) is 1. The minimum absolute atomic E-state index is 0.177. The normalized spacial score (nSPS) is 17.9. The Bertz CT molecular complexity index is 1700. The standard InChI is InChI=1S/C29H25F3N6O/c30-29(31,32)22-8-10-25-24(13-22)35-27(38(25)16-17-11-12-37(15-17)28(39)20-5-6-20)19-3-1-18(2-4-19)23-9-7-21-14-33-36-26(21)34-23/h1-4,7-10,13-14,17,20H,5-6,11-12,15-16H2,(H,33,34,36)/t17-/m0/s1. The van der Waals surface area contributed by atoms with Gasteiger partial charge in [0.2, 0.25) is 5.91 Å². The number of fused-ring (bicyclic) bond motifs is 2. The number of alkyl halides is 3. The maximum atomic E-state index is 13.5. The average molecular weight is 531 g/mol. The maximum Gasteiger partial charge on any atom is 0.416 e. The molecule has 7 nitrogen and oxygen atoms in total. The van der Waals surface area contributed by atoms with Gasteiger partial charge in [-0.25, -0.2) is 9.97 Å². The third kappa shape index (κ3) is 4.43. The first kappa shape index (κ1) is 23.9. The number of hydrogen-bond acceptors (Lipinski definition) is 4. The first-order valence-electron chi connectivity index (χ1n) is 13.1. The molecule has 1 saturated heterocycles. The minimum Gasteiger partial charge on any atom is -0.342 e. The molecule has 1 aliphatic heterocycles. The molecule has 1 aliphatic carbocycles. The summed E-state index contributed by atoms with van der Waals surface area (Å²) in [7, 11) is 0. The second-order valence-corrected chi connectivity index (χ2v) is 10.5. The largest absolute Gasteiger partial charge is 0.416 e. The summed E-state index contributed by atoms with van der Waals surface area (Å²) >= 11 is 0. The zero-order chi connectivity index (χ0) is 26.7. The molecule has 1 atom stereocenters. The lowest BCUT2D eigenvalue weighted by Gasteiger charge is -2.18. The van der Waals surface area contributed by atoms with Gasteiger partial charge in [-0.15, -0.1) is 0 Å². The molecule has 1 saturated carbocycles. The van der Waals surface area contributed by atoms with Gasteiger partial charge in [0.25, 0.3) is 0 Å². The first-order valence-corrected chi connectivity index (χ1v) is 13.1. The highest BCUT2D eigenvalue weighted by molar-refractivity contribution is 5.83. The molecule has 4 heterocycles. The Morgan fingerprint density at radius 3 is 2.54 bits per heavy atom. The fourth-order valence-electron chi connectivity index (χ4n) is 5.52. The van der Waals surface area contributed by atoms with Crippen LogP contribution in [-0.2, 0) is 17.5 Å². The number of imidazole rings is 1. The third-order valence-corrected chi connectivity index (χ3v) is 7.78. The molecule has 2 aromatic carbocycles. The number of amides is 1. The number of H-pyrrole nitrogens is 1. The predicted octanol–water partition coefficient (Wildman–Crippen LogP) is 5.92. The maximum absolute atomic E-state index is 13.5. The number of nitrogens with zero attached hydrogens (tertiary/aromatic N) is 5. The zero-order valence-corrected chi connectivity index (χ0v) is 20.9. The second-order valence-electron chi connectivity index (χ2n) is 10.5. The molecular formula is C29H25F3N6O. The van der Waals surface area contributed by atoms with Crippen molar-refractivity contribution in [3.05, 3.63) is 66.4 Å². The van der Waals surface area contributed by atoms with E-state index in [1.807, 2.05) is 45.9 Å². The summed E-state index contributed by atoms with van der Waals surface area (Å²) in [5.41, 5.74) is 3.43. The molecule has 2 aliphatic rings. The van der Waals surface area contributed by atoms with E-state index in [0.717, 1.165) is 60.1 Å². The third-order valence-electron chi connectivity index (χ3n) is 7.78. The number of benzene rings is 2. The van der Waals surface area contributed by atoms with Crippen LogP contribution in [0.3, 0.4) is 0 Å². The molecule has 5 aromatic rings. The highest BCUT2D eigenvalue weighted by atomic mass is 19.4. The second kappa shape index (κ2) is 8.93. The first-order chi connectivity index (χ1) is 18.8. The van der Waals surface area contributed by atoms with E-state index >= 15 is 0 Å². The number of hydrogen-bond donors (Lipinski definition) is 1. The molecule has 3 aromatic heterocycles. The molecule has 0 radical (unpaired) electrons. The molecule has 0 bridgehead atoms. The smallest absolute Gasteiger partial charge is 0.342 e. The van der Waals surface area contributed by atoms with Crippen molar-refractivity contribution in [3.63, 3.8) is 0 Å². The number of pyridine rings is 1. The van der Waals surface area contributed by atoms with Gasteiger partial charge in [-0.2, -0.15) is 18.3 Å². The van der Waals surface area contributed by atoms with Gasteiger partial charge in [-0.1, -0.05) is 24.3 Å². The lowest BCUT2D eigenvalue weighted by Crippen LogP contribution is -2.30. The molecule has 1 N–H and O–H groups in total. The van der Waals surface area contributed by atoms with E-state index in [-0.39, 0.29) is 17.7 Å². The molecule has 0 spiro atoms. The lowest BCUT2D eigenvalue weighted by atomic mass is 10.1. The van der Waals surface area contributed by atoms with Crippen LogP contribution in [0.4, 0.5) is 13.2 Å². The fourth-order valence-corrected chi connectivity index (χ4v) is 5.52. The number of likely N-dealkylation sites (tertiary alicyclic amines) is 1. The zero-order valence-electron chi connectivity index (χ0n) is 20.9. The summed E-state index contributed by atoms with van der Waals surface area (Å²) in [6, 6.07) is 15.3. The predicted molar refractivity (Wildman–Crippen MR) is 140 cm³/mol. The van der Waals surface area contributed by atoms with E-state index in [1.54, 1.807) is 6.20 Å². The van der Waals surface area contributed by atoms with Gasteiger partial charge in [-0.05, 0) is 55.5 Å². The van der Waals surface area contributed by atoms with E-state index in [2.05, 4.69) is 20.2 Å². The number of aromatic amines is 1. The number of carbonyl (C=O) groups is 1. The Balaban J connectivity index is 1.24. The quantitative estimate of drug-likeness (QED) is 0.306. The minimum atomic E-state index is -4.45. The van der Waals surface area contributed by atoms with Crippen molar-refractivity contribution < 1.29 is 18.0 Å². The Morgan fingerprint density at radius 1 is 0.974 bits per heavy atom. The van der Waals surface area contributed by atoms with Crippen LogP contribution in [-0.4, -0.2) is 48.6 Å². The van der Waals surface area contributed by atoms with Crippen LogP contribution in [0.25, 0.3) is 44.7 Å². The number of halogens is 3. The molecule has 2 fully saturated rings. The number of aromatic nitrogens is 5. The van der Waals surface area contributed by atoms with E-state index < -0.39 is 11.7 Å². The van der Waals surface area contributed by atoms with Crippen molar-refractivity contribution in [2.75, 3.05) is 13.1 Å². The molecule has 10 heteroatoms. The monoisotopic (exact) mass is 530 g/mol. The highest BCUT2D eigenvalue weighted by Gasteiger charge is 2.37. The summed E-state index contributed by atoms with van der Waals surface area (Å²) in [6.45, 7) is 1.96. The summed E-state index contributed by atoms with van der Waals surface area (Å²) in [4.78, 5) is 23.8. The van der Waals surface area contributed by atoms with Crippen LogP contribution in [0.1, 0.15) is 24.8 Å². The van der Waals surface area contributed by atoms with Gasteiger partial charge in [0.1, 0.15) is 5.82 Å². The van der Waals surface area contributed by atoms with Crippen molar-refractivity contribution in [1.29, 1.82) is 0 Å². The molecule has 7 rings (SSSR count). The van der Waals surface area contributed by atoms with Crippen molar-refractivity contribution >= 4 is 28.0 Å². The summed E-state index contributed by atoms with van der Waals surface area (Å²) in [5, 5.41) is 7.82. The Hall–Kier alpha value is -4.21. The van der Waals surface area contributed by atoms with Crippen LogP contribution >= 0.6 is 0 Å². The van der Waals surface area contributed by atoms with Gasteiger partial charge >= 0.3 is 6.18 Å². The van der Waals surface area contributed by atoms with Crippen molar-refractivity contribution in [2.45, 2.75) is 32.0 Å². The van der Waals surface area contributed by atoms with Crippen LogP contribution in [0.5, 0.6) is 0 Å². The number of rotatable bonds is 5. The SMILES string of the molecule is O=C(C1CC1)N1CC[C@H](Cn2c(-c3ccc(-c4ccc5cn[nH]c5n4)cc3)nc3cc(C(F)(F)F)ccc32)C1. The van der Waals surface area contributed by atoms with Gasteiger partial charge in [0.05, 0.1) is 28.5 Å². The average Bonchev–Trinajstić information content (AvgIpc) is 3.33. The molecule has 0 unspecified atom stereocenters. The summed E-state index contributed by atoms with van der Waals surface area (Å²) in [6.07, 6.45) is 0.0735. The molecule has 1 amide bonds. The molecular weight excluding hydrogens is 505 g/mol. The van der Waals surface area contributed by atoms with Gasteiger partial charge in [0.15, 0.2) is 5.65 Å². The van der Waals surface area contributed by atoms with E-state index in [0.29, 0.717) is 35.6 Å². The van der Waals surface area contributed by atoms with E-state index in [9.17, 15) is 18.0 Å². The molecule has 39 heavy (non-hydrogen) atoms. The topological polar surface area (TPSA) is 79.7 Å². The van der Waals surface area contributed by atoms with E-state index in [1.165, 1.54) is 6.07 Å². The van der Waals surface area contributed by atoms with Gasteiger partial charge in [0, 0.05) is 42.1 Å². The van der Waals surface area contributed by atoms with Crippen LogP contribution in [0, 0.1) is 11.8 Å². The van der Waals surface area contributed by atoms with Gasteiger partial charge < -0.3 is 9.47 Å². The van der Waals surface area contributed by atoms with Gasteiger partial charge in [-0.3, -0.25) is 9.89 Å². The van der Waals surface area contributed by atoms with Crippen molar-refractivity contribution in [3.8, 4) is 22.6 Å². The molecule has 198 valence electrons. The van der Waals surface area contributed by atoms with Crippen molar-refractivity contribution in [2.24, 2.45) is 11.8 Å². The highest BCUT2D eigenvalue weighted by Crippen LogP contribution is 2.36. The lowest BCUT2D eigenvalue weighted by molar-refractivity contribution is -0.137. The van der Waals surface area contributed by atoms with Crippen LogP contribution in [0.15, 0.2) is 60.8 Å². The van der Waals surface area contributed by atoms with Crippen LogP contribution in [0.2, 0.25) is 0 Å². The number of carbonyl (C=O) groups excluding carboxylic acids is 1. The van der Waals surface area contributed by atoms with Crippen LogP contribution < -0.4 is 0 Å². The summed E-state index contributed by atoms with van der Waals surface area (Å²) in [5.74, 6) is 1.23. The van der Waals surface area contributed by atoms with Crippen molar-refractivity contribution in [1.82, 2.24) is 29.6 Å². The summed E-state index contributed by atoms with van der Waals surface area (Å²) < 4.78 is 42.4. The Morgan fingerprint density at radius 2 is 1.77 bits per heavy atom. The Labute approximate surface area is 221 Å².